The van der Waals surface area contributed by atoms with Crippen LogP contribution >= 0.6 is 27.5 Å². The van der Waals surface area contributed by atoms with Gasteiger partial charge in [-0.25, -0.2) is 9.97 Å². The van der Waals surface area contributed by atoms with E-state index < -0.39 is 0 Å². The number of aromatic nitrogens is 4. The molecule has 0 bridgehead atoms. The van der Waals surface area contributed by atoms with Crippen molar-refractivity contribution in [2.75, 3.05) is 7.11 Å². The van der Waals surface area contributed by atoms with Gasteiger partial charge in [0.2, 0.25) is 5.88 Å². The van der Waals surface area contributed by atoms with Crippen molar-refractivity contribution < 1.29 is 4.74 Å². The maximum absolute atomic E-state index is 6.28. The van der Waals surface area contributed by atoms with Crippen molar-refractivity contribution in [3.8, 4) is 11.6 Å². The highest BCUT2D eigenvalue weighted by atomic mass is 79.9. The Hall–Kier alpha value is -1.66. The molecule has 0 spiro atoms. The molecule has 7 heteroatoms. The number of hydrogen-bond acceptors (Lipinski definition) is 4. The Kier molecular flexibility index (Phi) is 3.82. The summed E-state index contributed by atoms with van der Waals surface area (Å²) in [6.07, 6.45) is 1.46. The summed E-state index contributed by atoms with van der Waals surface area (Å²) in [6.45, 7) is 1.87. The average Bonchev–Trinajstić information content (AvgIpc) is 2.86. The monoisotopic (exact) mass is 366 g/mol. The lowest BCUT2D eigenvalue weighted by atomic mass is 10.3. The Bertz CT molecular complexity index is 803. The van der Waals surface area contributed by atoms with Gasteiger partial charge in [-0.3, -0.25) is 4.57 Å². The molecule has 1 unspecified atom stereocenters. The molecular weight excluding hydrogens is 356 g/mol. The van der Waals surface area contributed by atoms with Crippen molar-refractivity contribution in [3.05, 3.63) is 40.9 Å². The molecule has 3 aromatic rings. The molecule has 3 rings (SSSR count). The van der Waals surface area contributed by atoms with Gasteiger partial charge < -0.3 is 4.74 Å². The predicted octanol–water partition coefficient (Wildman–Crippen LogP) is 3.89. The molecule has 2 aromatic heterocycles. The van der Waals surface area contributed by atoms with Gasteiger partial charge in [0, 0.05) is 4.47 Å². The third-order valence-electron chi connectivity index (χ3n) is 3.05. The van der Waals surface area contributed by atoms with E-state index in [9.17, 15) is 0 Å². The number of alkyl halides is 1. The summed E-state index contributed by atoms with van der Waals surface area (Å²) in [5, 5.41) is -0.275. The van der Waals surface area contributed by atoms with Crippen LogP contribution < -0.4 is 4.74 Å². The number of methoxy groups -OCH3 is 1. The second kappa shape index (κ2) is 5.61. The number of ether oxygens (including phenoxy) is 1. The lowest BCUT2D eigenvalue weighted by Crippen LogP contribution is -2.02. The minimum atomic E-state index is -0.275. The van der Waals surface area contributed by atoms with Crippen LogP contribution in [0.15, 0.2) is 35.1 Å². The van der Waals surface area contributed by atoms with Crippen LogP contribution in [0, 0.1) is 0 Å². The fourth-order valence-electron chi connectivity index (χ4n) is 2.17. The van der Waals surface area contributed by atoms with Gasteiger partial charge in [-0.15, -0.1) is 11.6 Å². The lowest BCUT2D eigenvalue weighted by molar-refractivity contribution is 0.401. The van der Waals surface area contributed by atoms with Gasteiger partial charge in [0.05, 0.1) is 18.2 Å². The van der Waals surface area contributed by atoms with E-state index in [4.69, 9.17) is 16.3 Å². The molecule has 0 aliphatic heterocycles. The van der Waals surface area contributed by atoms with Crippen molar-refractivity contribution in [1.82, 2.24) is 19.5 Å². The van der Waals surface area contributed by atoms with E-state index in [1.807, 2.05) is 35.8 Å². The number of rotatable bonds is 3. The molecule has 0 saturated heterocycles. The SMILES string of the molecule is COc1ncnc2c1nc(C(C)Cl)n2-c1cccc(Br)c1. The summed E-state index contributed by atoms with van der Waals surface area (Å²) in [4.78, 5) is 13.0. The zero-order valence-electron chi connectivity index (χ0n) is 11.4. The number of nitrogens with zero attached hydrogens (tertiary/aromatic N) is 4. The fourth-order valence-corrected chi connectivity index (χ4v) is 2.71. The Morgan fingerprint density at radius 2 is 2.14 bits per heavy atom. The molecule has 108 valence electrons. The molecule has 21 heavy (non-hydrogen) atoms. The van der Waals surface area contributed by atoms with Crippen LogP contribution in [0.5, 0.6) is 5.88 Å². The van der Waals surface area contributed by atoms with Crippen LogP contribution in [0.2, 0.25) is 0 Å². The van der Waals surface area contributed by atoms with Gasteiger partial charge in [0.1, 0.15) is 12.2 Å². The van der Waals surface area contributed by atoms with Crippen molar-refractivity contribution >= 4 is 38.7 Å². The van der Waals surface area contributed by atoms with E-state index in [0.29, 0.717) is 22.9 Å². The van der Waals surface area contributed by atoms with E-state index in [1.165, 1.54) is 6.33 Å². The van der Waals surface area contributed by atoms with E-state index in [1.54, 1.807) is 7.11 Å². The summed E-state index contributed by atoms with van der Waals surface area (Å²) in [6, 6.07) is 7.87. The molecular formula is C14H12BrClN4O. The van der Waals surface area contributed by atoms with Crippen LogP contribution in [-0.2, 0) is 0 Å². The second-order valence-corrected chi connectivity index (χ2v) is 6.03. The van der Waals surface area contributed by atoms with Gasteiger partial charge >= 0.3 is 0 Å². The largest absolute Gasteiger partial charge is 0.479 e. The summed E-state index contributed by atoms with van der Waals surface area (Å²) in [7, 11) is 1.56. The molecule has 0 aliphatic rings. The molecule has 2 heterocycles. The summed E-state index contributed by atoms with van der Waals surface area (Å²) < 4.78 is 8.14. The zero-order valence-corrected chi connectivity index (χ0v) is 13.8. The van der Waals surface area contributed by atoms with E-state index in [2.05, 4.69) is 30.9 Å². The first-order valence-electron chi connectivity index (χ1n) is 6.29. The van der Waals surface area contributed by atoms with Gasteiger partial charge in [0.25, 0.3) is 0 Å². The predicted molar refractivity (Wildman–Crippen MR) is 85.2 cm³/mol. The highest BCUT2D eigenvalue weighted by Gasteiger charge is 2.20. The average molecular weight is 368 g/mol. The van der Waals surface area contributed by atoms with Crippen LogP contribution in [0.4, 0.5) is 0 Å². The van der Waals surface area contributed by atoms with E-state index >= 15 is 0 Å². The third-order valence-corrected chi connectivity index (χ3v) is 3.74. The highest BCUT2D eigenvalue weighted by molar-refractivity contribution is 9.10. The van der Waals surface area contributed by atoms with Crippen LogP contribution in [-0.4, -0.2) is 26.6 Å². The third kappa shape index (κ3) is 2.49. The number of imidazole rings is 1. The lowest BCUT2D eigenvalue weighted by Gasteiger charge is -2.10. The summed E-state index contributed by atoms with van der Waals surface area (Å²) in [5.41, 5.74) is 2.19. The first kappa shape index (κ1) is 14.3. The molecule has 0 aliphatic carbocycles. The maximum atomic E-state index is 6.28. The first-order chi connectivity index (χ1) is 10.1. The smallest absolute Gasteiger partial charge is 0.245 e. The van der Waals surface area contributed by atoms with Gasteiger partial charge in [-0.05, 0) is 25.1 Å². The summed E-state index contributed by atoms with van der Waals surface area (Å²) in [5.74, 6) is 1.14. The first-order valence-corrected chi connectivity index (χ1v) is 7.52. The quantitative estimate of drug-likeness (QED) is 0.659. The van der Waals surface area contributed by atoms with Gasteiger partial charge in [-0.2, -0.15) is 4.98 Å². The summed E-state index contributed by atoms with van der Waals surface area (Å²) >= 11 is 9.76. The fraction of sp³-hybridized carbons (Fsp3) is 0.214. The topological polar surface area (TPSA) is 52.8 Å². The molecule has 0 fully saturated rings. The minimum Gasteiger partial charge on any atom is -0.479 e. The van der Waals surface area contributed by atoms with Crippen LogP contribution in [0.25, 0.3) is 16.9 Å². The zero-order chi connectivity index (χ0) is 15.0. The second-order valence-electron chi connectivity index (χ2n) is 4.46. The molecule has 0 radical (unpaired) electrons. The van der Waals surface area contributed by atoms with Gasteiger partial charge in [-0.1, -0.05) is 22.0 Å². The standard InChI is InChI=1S/C14H12BrClN4O/c1-8(16)12-19-11-13(17-7-18-14(11)21-2)20(12)10-5-3-4-9(15)6-10/h3-8H,1-2H3. The molecule has 0 amide bonds. The van der Waals surface area contributed by atoms with Gasteiger partial charge in [0.15, 0.2) is 11.2 Å². The Labute approximate surface area is 135 Å². The van der Waals surface area contributed by atoms with Crippen molar-refractivity contribution in [2.24, 2.45) is 0 Å². The number of halogens is 2. The van der Waals surface area contributed by atoms with Crippen molar-refractivity contribution in [3.63, 3.8) is 0 Å². The molecule has 5 nitrogen and oxygen atoms in total. The Balaban J connectivity index is 2.36. The molecule has 1 atom stereocenters. The van der Waals surface area contributed by atoms with Crippen molar-refractivity contribution in [2.45, 2.75) is 12.3 Å². The minimum absolute atomic E-state index is 0.275. The number of benzene rings is 1. The normalized spacial score (nSPS) is 12.6. The number of fused-ring (bicyclic) bond motifs is 1. The molecule has 0 saturated carbocycles. The number of hydrogen-bond donors (Lipinski definition) is 0. The Morgan fingerprint density at radius 3 is 2.81 bits per heavy atom. The molecule has 0 N–H and O–H groups in total. The Morgan fingerprint density at radius 1 is 1.33 bits per heavy atom. The van der Waals surface area contributed by atoms with E-state index in [-0.39, 0.29) is 5.38 Å². The molecule has 1 aromatic carbocycles. The van der Waals surface area contributed by atoms with E-state index in [0.717, 1.165) is 10.2 Å². The highest BCUT2D eigenvalue weighted by Crippen LogP contribution is 2.30. The maximum Gasteiger partial charge on any atom is 0.245 e. The van der Waals surface area contributed by atoms with Crippen LogP contribution in [0.1, 0.15) is 18.1 Å². The van der Waals surface area contributed by atoms with Crippen LogP contribution in [0.3, 0.4) is 0 Å². The van der Waals surface area contributed by atoms with Crippen molar-refractivity contribution in [1.29, 1.82) is 0 Å².